The summed E-state index contributed by atoms with van der Waals surface area (Å²) in [4.78, 5) is 2.36. The molecule has 4 heteroatoms. The van der Waals surface area contributed by atoms with Gasteiger partial charge in [-0.15, -0.1) is 0 Å². The van der Waals surface area contributed by atoms with Crippen molar-refractivity contribution in [1.29, 1.82) is 0 Å². The number of methoxy groups -OCH3 is 1. The van der Waals surface area contributed by atoms with Crippen LogP contribution < -0.4 is 15.0 Å². The summed E-state index contributed by atoms with van der Waals surface area (Å²) in [6.45, 7) is 4.35. The standard InChI is InChI=1S/C14H22N2O2/c1-11-9-16(10-12(15-11)7-8-17)13-3-5-14(18-2)6-4-13/h3-6,11-12,15,17H,7-10H2,1-2H3. The largest absolute Gasteiger partial charge is 0.497 e. The van der Waals surface area contributed by atoms with E-state index < -0.39 is 0 Å². The summed E-state index contributed by atoms with van der Waals surface area (Å²) in [7, 11) is 1.68. The van der Waals surface area contributed by atoms with Gasteiger partial charge in [0.25, 0.3) is 0 Å². The minimum Gasteiger partial charge on any atom is -0.497 e. The lowest BCUT2D eigenvalue weighted by atomic mass is 10.1. The van der Waals surface area contributed by atoms with E-state index in [9.17, 15) is 0 Å². The fourth-order valence-electron chi connectivity index (χ4n) is 2.51. The first-order valence-corrected chi connectivity index (χ1v) is 6.49. The molecule has 1 aliphatic rings. The molecule has 1 heterocycles. The van der Waals surface area contributed by atoms with Gasteiger partial charge in [-0.25, -0.2) is 0 Å². The molecular weight excluding hydrogens is 228 g/mol. The third-order valence-electron chi connectivity index (χ3n) is 3.37. The van der Waals surface area contributed by atoms with E-state index in [-0.39, 0.29) is 6.61 Å². The molecule has 18 heavy (non-hydrogen) atoms. The zero-order chi connectivity index (χ0) is 13.0. The molecule has 1 aromatic carbocycles. The number of benzene rings is 1. The number of aliphatic hydroxyl groups is 1. The molecule has 0 spiro atoms. The molecule has 2 rings (SSSR count). The fourth-order valence-corrected chi connectivity index (χ4v) is 2.51. The first kappa shape index (κ1) is 13.2. The minimum atomic E-state index is 0.237. The summed E-state index contributed by atoms with van der Waals surface area (Å²) >= 11 is 0. The van der Waals surface area contributed by atoms with Crippen LogP contribution in [0.25, 0.3) is 0 Å². The van der Waals surface area contributed by atoms with Gasteiger partial charge in [-0.1, -0.05) is 0 Å². The highest BCUT2D eigenvalue weighted by Gasteiger charge is 2.23. The van der Waals surface area contributed by atoms with Crippen LogP contribution in [0.15, 0.2) is 24.3 Å². The number of hydrogen-bond donors (Lipinski definition) is 2. The Labute approximate surface area is 109 Å². The Hall–Kier alpha value is -1.26. The summed E-state index contributed by atoms with van der Waals surface area (Å²) in [5.74, 6) is 0.883. The molecule has 100 valence electrons. The summed E-state index contributed by atoms with van der Waals surface area (Å²) in [5, 5.41) is 12.6. The van der Waals surface area contributed by atoms with E-state index in [0.29, 0.717) is 12.1 Å². The third-order valence-corrected chi connectivity index (χ3v) is 3.37. The number of anilines is 1. The number of aliphatic hydroxyl groups excluding tert-OH is 1. The van der Waals surface area contributed by atoms with Crippen molar-refractivity contribution < 1.29 is 9.84 Å². The van der Waals surface area contributed by atoms with Gasteiger partial charge in [0.05, 0.1) is 7.11 Å². The van der Waals surface area contributed by atoms with Crippen molar-refractivity contribution in [1.82, 2.24) is 5.32 Å². The van der Waals surface area contributed by atoms with Crippen molar-refractivity contribution in [2.24, 2.45) is 0 Å². The zero-order valence-electron chi connectivity index (χ0n) is 11.1. The molecular formula is C14H22N2O2. The molecule has 0 amide bonds. The molecule has 0 bridgehead atoms. The van der Waals surface area contributed by atoms with Gasteiger partial charge in [-0.2, -0.15) is 0 Å². The van der Waals surface area contributed by atoms with Gasteiger partial charge in [-0.3, -0.25) is 0 Å². The monoisotopic (exact) mass is 250 g/mol. The molecule has 2 N–H and O–H groups in total. The summed E-state index contributed by atoms with van der Waals surface area (Å²) < 4.78 is 5.17. The van der Waals surface area contributed by atoms with Crippen molar-refractivity contribution in [3.8, 4) is 5.75 Å². The molecule has 4 nitrogen and oxygen atoms in total. The molecule has 1 saturated heterocycles. The number of piperazine rings is 1. The molecule has 1 fully saturated rings. The van der Waals surface area contributed by atoms with E-state index in [4.69, 9.17) is 9.84 Å². The lowest BCUT2D eigenvalue weighted by Gasteiger charge is -2.39. The van der Waals surface area contributed by atoms with E-state index in [2.05, 4.69) is 29.3 Å². The van der Waals surface area contributed by atoms with Gasteiger partial charge in [-0.05, 0) is 37.6 Å². The zero-order valence-corrected chi connectivity index (χ0v) is 11.1. The maximum atomic E-state index is 9.05. The van der Waals surface area contributed by atoms with Gasteiger partial charge >= 0.3 is 0 Å². The first-order chi connectivity index (χ1) is 8.72. The Kier molecular flexibility index (Phi) is 4.44. The van der Waals surface area contributed by atoms with Crippen LogP contribution in [-0.4, -0.2) is 44.0 Å². The molecule has 0 saturated carbocycles. The van der Waals surface area contributed by atoms with E-state index >= 15 is 0 Å². The molecule has 2 atom stereocenters. The van der Waals surface area contributed by atoms with Gasteiger partial charge < -0.3 is 20.1 Å². The Morgan fingerprint density at radius 2 is 2.06 bits per heavy atom. The van der Waals surface area contributed by atoms with Crippen LogP contribution in [-0.2, 0) is 0 Å². The van der Waals surface area contributed by atoms with Crippen molar-refractivity contribution in [3.05, 3.63) is 24.3 Å². The Balaban J connectivity index is 2.06. The lowest BCUT2D eigenvalue weighted by Crippen LogP contribution is -2.55. The van der Waals surface area contributed by atoms with E-state index in [1.54, 1.807) is 7.11 Å². The highest BCUT2D eigenvalue weighted by atomic mass is 16.5. The van der Waals surface area contributed by atoms with Gasteiger partial charge in [0.1, 0.15) is 5.75 Å². The van der Waals surface area contributed by atoms with Crippen LogP contribution in [0.5, 0.6) is 5.75 Å². The molecule has 0 aromatic heterocycles. The van der Waals surface area contributed by atoms with Crippen LogP contribution in [0.3, 0.4) is 0 Å². The first-order valence-electron chi connectivity index (χ1n) is 6.49. The van der Waals surface area contributed by atoms with Crippen molar-refractivity contribution in [2.45, 2.75) is 25.4 Å². The molecule has 0 aliphatic carbocycles. The summed E-state index contributed by atoms with van der Waals surface area (Å²) in [5.41, 5.74) is 1.21. The van der Waals surface area contributed by atoms with Gasteiger partial charge in [0.15, 0.2) is 0 Å². The van der Waals surface area contributed by atoms with Gasteiger partial charge in [0.2, 0.25) is 0 Å². The SMILES string of the molecule is COc1ccc(N2CC(C)NC(CCO)C2)cc1. The second-order valence-corrected chi connectivity index (χ2v) is 4.88. The fraction of sp³-hybridized carbons (Fsp3) is 0.571. The highest BCUT2D eigenvalue weighted by molar-refractivity contribution is 5.49. The normalized spacial score (nSPS) is 24.1. The van der Waals surface area contributed by atoms with Crippen LogP contribution in [0.4, 0.5) is 5.69 Å². The third kappa shape index (κ3) is 3.15. The van der Waals surface area contributed by atoms with E-state index in [1.807, 2.05) is 12.1 Å². The average molecular weight is 250 g/mol. The van der Waals surface area contributed by atoms with E-state index in [0.717, 1.165) is 25.3 Å². The number of ether oxygens (including phenoxy) is 1. The molecule has 1 aliphatic heterocycles. The minimum absolute atomic E-state index is 0.237. The summed E-state index contributed by atoms with van der Waals surface area (Å²) in [6.07, 6.45) is 0.803. The lowest BCUT2D eigenvalue weighted by molar-refractivity contribution is 0.250. The van der Waals surface area contributed by atoms with Crippen LogP contribution >= 0.6 is 0 Å². The highest BCUT2D eigenvalue weighted by Crippen LogP contribution is 2.21. The number of nitrogens with one attached hydrogen (secondary N) is 1. The predicted molar refractivity (Wildman–Crippen MR) is 73.3 cm³/mol. The van der Waals surface area contributed by atoms with Crippen LogP contribution in [0.2, 0.25) is 0 Å². The number of rotatable bonds is 4. The molecule has 0 radical (unpaired) electrons. The Morgan fingerprint density at radius 3 is 2.67 bits per heavy atom. The molecule has 2 unspecified atom stereocenters. The maximum absolute atomic E-state index is 9.05. The van der Waals surface area contributed by atoms with Crippen LogP contribution in [0.1, 0.15) is 13.3 Å². The van der Waals surface area contributed by atoms with Crippen molar-refractivity contribution in [3.63, 3.8) is 0 Å². The Bertz CT molecular complexity index is 367. The number of nitrogens with zero attached hydrogens (tertiary/aromatic N) is 1. The summed E-state index contributed by atoms with van der Waals surface area (Å²) in [6, 6.07) is 8.96. The second kappa shape index (κ2) is 6.07. The van der Waals surface area contributed by atoms with Crippen molar-refractivity contribution in [2.75, 3.05) is 31.7 Å². The second-order valence-electron chi connectivity index (χ2n) is 4.88. The van der Waals surface area contributed by atoms with Gasteiger partial charge in [0, 0.05) is 37.5 Å². The quantitative estimate of drug-likeness (QED) is 0.844. The average Bonchev–Trinajstić information content (AvgIpc) is 2.38. The van der Waals surface area contributed by atoms with Crippen LogP contribution in [0, 0.1) is 0 Å². The van der Waals surface area contributed by atoms with Crippen molar-refractivity contribution >= 4 is 5.69 Å². The van der Waals surface area contributed by atoms with E-state index in [1.165, 1.54) is 5.69 Å². The smallest absolute Gasteiger partial charge is 0.119 e. The maximum Gasteiger partial charge on any atom is 0.119 e. The topological polar surface area (TPSA) is 44.7 Å². The Morgan fingerprint density at radius 1 is 1.33 bits per heavy atom. The number of hydrogen-bond acceptors (Lipinski definition) is 4. The molecule has 1 aromatic rings. The predicted octanol–water partition coefficient (Wildman–Crippen LogP) is 1.24.